The molecule has 0 spiro atoms. The zero-order valence-electron chi connectivity index (χ0n) is 12.0. The number of hydrogen-bond donors (Lipinski definition) is 1. The van der Waals surface area contributed by atoms with Crippen LogP contribution in [0.1, 0.15) is 24.2 Å². The van der Waals surface area contributed by atoms with Crippen molar-refractivity contribution in [3.05, 3.63) is 17.7 Å². The van der Waals surface area contributed by atoms with Gasteiger partial charge in [0, 0.05) is 18.8 Å². The van der Waals surface area contributed by atoms with E-state index in [1.807, 2.05) is 13.8 Å². The second-order valence-corrected chi connectivity index (χ2v) is 5.08. The lowest BCUT2D eigenvalue weighted by molar-refractivity contribution is -0.127. The fourth-order valence-corrected chi connectivity index (χ4v) is 2.15. The van der Waals surface area contributed by atoms with Crippen LogP contribution in [0.25, 0.3) is 0 Å². The Balaban J connectivity index is 2.51. The number of esters is 1. The molecular formula is C14H18N2O4. The van der Waals surface area contributed by atoms with Crippen molar-refractivity contribution in [3.63, 3.8) is 0 Å². The normalized spacial score (nSPS) is 17.8. The Morgan fingerprint density at radius 1 is 1.45 bits per heavy atom. The predicted molar refractivity (Wildman–Crippen MR) is 74.9 cm³/mol. The van der Waals surface area contributed by atoms with Gasteiger partial charge in [0.05, 0.1) is 18.4 Å². The van der Waals surface area contributed by atoms with Crippen LogP contribution in [0.15, 0.2) is 12.1 Å². The van der Waals surface area contributed by atoms with E-state index in [9.17, 15) is 9.59 Å². The van der Waals surface area contributed by atoms with Gasteiger partial charge < -0.3 is 20.1 Å². The number of rotatable bonds is 2. The third-order valence-electron chi connectivity index (χ3n) is 3.33. The summed E-state index contributed by atoms with van der Waals surface area (Å²) in [5.74, 6) is -0.152. The standard InChI is InChI=1S/C14H18N2O4/c1-7(2)12-13(17)16(3)10-5-8(14(18)19-4)9(15)6-11(10)20-12/h5-7,12H,15H2,1-4H3. The molecule has 1 amide bonds. The molecule has 0 fully saturated rings. The van der Waals surface area contributed by atoms with E-state index in [1.165, 1.54) is 18.1 Å². The summed E-state index contributed by atoms with van der Waals surface area (Å²) in [7, 11) is 2.93. The van der Waals surface area contributed by atoms with E-state index in [0.29, 0.717) is 11.4 Å². The average Bonchev–Trinajstić information content (AvgIpc) is 2.41. The molecule has 0 saturated heterocycles. The summed E-state index contributed by atoms with van der Waals surface area (Å²) < 4.78 is 10.4. The molecular weight excluding hydrogens is 260 g/mol. The molecule has 0 saturated carbocycles. The third-order valence-corrected chi connectivity index (χ3v) is 3.33. The van der Waals surface area contributed by atoms with E-state index >= 15 is 0 Å². The third kappa shape index (κ3) is 2.17. The summed E-state index contributed by atoms with van der Waals surface area (Å²) in [6.07, 6.45) is -0.545. The lowest BCUT2D eigenvalue weighted by Gasteiger charge is -2.34. The summed E-state index contributed by atoms with van der Waals surface area (Å²) >= 11 is 0. The number of ether oxygens (including phenoxy) is 2. The molecule has 1 aromatic rings. The number of carbonyl (C=O) groups excluding carboxylic acids is 2. The van der Waals surface area contributed by atoms with E-state index in [0.717, 1.165) is 0 Å². The lowest BCUT2D eigenvalue weighted by atomic mass is 10.0. The molecule has 2 N–H and O–H groups in total. The highest BCUT2D eigenvalue weighted by Crippen LogP contribution is 2.38. The summed E-state index contributed by atoms with van der Waals surface area (Å²) in [4.78, 5) is 25.3. The second kappa shape index (κ2) is 5.03. The Hall–Kier alpha value is -2.24. The maximum absolute atomic E-state index is 12.2. The van der Waals surface area contributed by atoms with Crippen LogP contribution in [-0.4, -0.2) is 32.1 Å². The average molecular weight is 278 g/mol. The number of likely N-dealkylation sites (N-methyl/N-ethyl adjacent to an activating group) is 1. The zero-order chi connectivity index (χ0) is 15.0. The molecule has 1 aliphatic rings. The monoisotopic (exact) mass is 278 g/mol. The topological polar surface area (TPSA) is 81.9 Å². The molecule has 1 heterocycles. The van der Waals surface area contributed by atoms with Gasteiger partial charge in [-0.1, -0.05) is 13.8 Å². The maximum Gasteiger partial charge on any atom is 0.340 e. The number of benzene rings is 1. The molecule has 1 unspecified atom stereocenters. The van der Waals surface area contributed by atoms with Crippen molar-refractivity contribution in [1.29, 1.82) is 0 Å². The van der Waals surface area contributed by atoms with Gasteiger partial charge in [-0.3, -0.25) is 4.79 Å². The lowest BCUT2D eigenvalue weighted by Crippen LogP contribution is -2.46. The van der Waals surface area contributed by atoms with Crippen LogP contribution in [0.2, 0.25) is 0 Å². The number of hydrogen-bond acceptors (Lipinski definition) is 5. The zero-order valence-corrected chi connectivity index (χ0v) is 12.0. The number of methoxy groups -OCH3 is 1. The molecule has 1 aromatic carbocycles. The number of nitrogens with zero attached hydrogens (tertiary/aromatic N) is 1. The highest BCUT2D eigenvalue weighted by Gasteiger charge is 2.35. The molecule has 6 heteroatoms. The number of carbonyl (C=O) groups is 2. The molecule has 0 aromatic heterocycles. The molecule has 0 aliphatic carbocycles. The minimum absolute atomic E-state index is 0.0413. The smallest absolute Gasteiger partial charge is 0.340 e. The highest BCUT2D eigenvalue weighted by atomic mass is 16.5. The van der Waals surface area contributed by atoms with E-state index in [-0.39, 0.29) is 23.1 Å². The van der Waals surface area contributed by atoms with E-state index < -0.39 is 12.1 Å². The van der Waals surface area contributed by atoms with Crippen LogP contribution >= 0.6 is 0 Å². The minimum Gasteiger partial charge on any atom is -0.478 e. The number of amides is 1. The Kier molecular flexibility index (Phi) is 3.57. The van der Waals surface area contributed by atoms with Gasteiger partial charge in [0.2, 0.25) is 0 Å². The largest absolute Gasteiger partial charge is 0.478 e. The van der Waals surface area contributed by atoms with Gasteiger partial charge in [-0.15, -0.1) is 0 Å². The Morgan fingerprint density at radius 3 is 2.65 bits per heavy atom. The van der Waals surface area contributed by atoms with Crippen molar-refractivity contribution in [2.24, 2.45) is 5.92 Å². The van der Waals surface area contributed by atoms with Crippen LogP contribution in [0, 0.1) is 5.92 Å². The van der Waals surface area contributed by atoms with E-state index in [4.69, 9.17) is 10.5 Å². The first-order valence-corrected chi connectivity index (χ1v) is 6.32. The van der Waals surface area contributed by atoms with Crippen molar-refractivity contribution in [2.75, 3.05) is 24.8 Å². The van der Waals surface area contributed by atoms with E-state index in [1.54, 1.807) is 13.1 Å². The summed E-state index contributed by atoms with van der Waals surface area (Å²) in [6, 6.07) is 3.07. The van der Waals surface area contributed by atoms with Crippen molar-refractivity contribution < 1.29 is 19.1 Å². The van der Waals surface area contributed by atoms with Gasteiger partial charge >= 0.3 is 5.97 Å². The predicted octanol–water partition coefficient (Wildman–Crippen LogP) is 1.44. The van der Waals surface area contributed by atoms with Gasteiger partial charge in [-0.05, 0) is 12.0 Å². The molecule has 20 heavy (non-hydrogen) atoms. The first-order chi connectivity index (χ1) is 9.36. The van der Waals surface area contributed by atoms with Crippen LogP contribution in [0.5, 0.6) is 5.75 Å². The van der Waals surface area contributed by atoms with E-state index in [2.05, 4.69) is 4.74 Å². The van der Waals surface area contributed by atoms with Crippen LogP contribution < -0.4 is 15.4 Å². The van der Waals surface area contributed by atoms with Crippen LogP contribution in [0.3, 0.4) is 0 Å². The summed E-state index contributed by atoms with van der Waals surface area (Å²) in [6.45, 7) is 3.82. The molecule has 1 aliphatic heterocycles. The van der Waals surface area contributed by atoms with Crippen molar-refractivity contribution in [3.8, 4) is 5.75 Å². The summed E-state index contributed by atoms with van der Waals surface area (Å²) in [5, 5.41) is 0. The quantitative estimate of drug-likeness (QED) is 0.654. The van der Waals surface area contributed by atoms with Gasteiger partial charge in [-0.2, -0.15) is 0 Å². The summed E-state index contributed by atoms with van der Waals surface area (Å²) in [5.41, 5.74) is 6.84. The Bertz CT molecular complexity index is 569. The Morgan fingerprint density at radius 2 is 2.10 bits per heavy atom. The number of fused-ring (bicyclic) bond motifs is 1. The van der Waals surface area contributed by atoms with Crippen LogP contribution in [-0.2, 0) is 9.53 Å². The minimum atomic E-state index is -0.545. The fraction of sp³-hybridized carbons (Fsp3) is 0.429. The number of nitrogens with two attached hydrogens (primary N) is 1. The number of anilines is 2. The first kappa shape index (κ1) is 14.2. The van der Waals surface area contributed by atoms with Crippen molar-refractivity contribution in [2.45, 2.75) is 20.0 Å². The fourth-order valence-electron chi connectivity index (χ4n) is 2.15. The second-order valence-electron chi connectivity index (χ2n) is 5.08. The first-order valence-electron chi connectivity index (χ1n) is 6.32. The molecule has 0 radical (unpaired) electrons. The molecule has 0 bridgehead atoms. The van der Waals surface area contributed by atoms with Gasteiger partial charge in [0.25, 0.3) is 5.91 Å². The van der Waals surface area contributed by atoms with Gasteiger partial charge in [0.15, 0.2) is 6.10 Å². The highest BCUT2D eigenvalue weighted by molar-refractivity contribution is 6.03. The number of nitrogen functional groups attached to an aromatic ring is 1. The van der Waals surface area contributed by atoms with Crippen LogP contribution in [0.4, 0.5) is 11.4 Å². The molecule has 108 valence electrons. The molecule has 1 atom stereocenters. The molecule has 6 nitrogen and oxygen atoms in total. The van der Waals surface area contributed by atoms with Gasteiger partial charge in [0.1, 0.15) is 5.75 Å². The maximum atomic E-state index is 12.2. The Labute approximate surface area is 117 Å². The van der Waals surface area contributed by atoms with Crippen molar-refractivity contribution in [1.82, 2.24) is 0 Å². The van der Waals surface area contributed by atoms with Gasteiger partial charge in [-0.25, -0.2) is 4.79 Å². The molecule has 2 rings (SSSR count). The SMILES string of the molecule is COC(=O)c1cc2c(cc1N)OC(C(C)C)C(=O)N2C. The van der Waals surface area contributed by atoms with Crippen molar-refractivity contribution >= 4 is 23.3 Å².